The van der Waals surface area contributed by atoms with Crippen LogP contribution in [0.15, 0.2) is 12.3 Å². The van der Waals surface area contributed by atoms with E-state index < -0.39 is 0 Å². The van der Waals surface area contributed by atoms with Gasteiger partial charge in [-0.2, -0.15) is 0 Å². The number of aromatic nitrogens is 1. The van der Waals surface area contributed by atoms with Gasteiger partial charge in [-0.05, 0) is 13.1 Å². The molecule has 18 heavy (non-hydrogen) atoms. The fraction of sp³-hybridized carbons (Fsp3) is 0.500. The van der Waals surface area contributed by atoms with Crippen LogP contribution in [-0.4, -0.2) is 61.0 Å². The van der Waals surface area contributed by atoms with Crippen LogP contribution in [0, 0.1) is 0 Å². The maximum absolute atomic E-state index is 12.2. The lowest BCUT2D eigenvalue weighted by Crippen LogP contribution is -2.47. The Balaban J connectivity index is 2.11. The summed E-state index contributed by atoms with van der Waals surface area (Å²) in [5.41, 5.74) is 0.545. The van der Waals surface area contributed by atoms with Crippen molar-refractivity contribution in [1.82, 2.24) is 14.8 Å². The molecule has 0 atom stereocenters. The zero-order valence-electron chi connectivity index (χ0n) is 10.6. The number of nitrogens with one attached hydrogen (secondary N) is 1. The molecular formula is C12H17ClN4O. The normalized spacial score (nSPS) is 16.7. The first kappa shape index (κ1) is 13.1. The van der Waals surface area contributed by atoms with E-state index in [1.54, 1.807) is 19.3 Å². The van der Waals surface area contributed by atoms with Gasteiger partial charge < -0.3 is 15.1 Å². The van der Waals surface area contributed by atoms with Crippen molar-refractivity contribution in [3.05, 3.63) is 22.8 Å². The number of hydrogen-bond donors (Lipinski definition) is 1. The predicted octanol–water partition coefficient (Wildman–Crippen LogP) is 1.16. The van der Waals surface area contributed by atoms with Gasteiger partial charge in [0, 0.05) is 39.4 Å². The first-order valence-electron chi connectivity index (χ1n) is 5.93. The number of carbonyl (C=O) groups excluding carboxylic acids is 1. The number of pyridine rings is 1. The minimum absolute atomic E-state index is 0.000142. The number of nitrogens with zero attached hydrogens (tertiary/aromatic N) is 3. The molecule has 0 bridgehead atoms. The van der Waals surface area contributed by atoms with Gasteiger partial charge in [0.25, 0.3) is 5.91 Å². The molecule has 6 heteroatoms. The Labute approximate surface area is 112 Å². The van der Waals surface area contributed by atoms with Crippen LogP contribution in [0.25, 0.3) is 0 Å². The summed E-state index contributed by atoms with van der Waals surface area (Å²) in [6.07, 6.45) is 1.57. The highest BCUT2D eigenvalue weighted by Crippen LogP contribution is 2.20. The molecule has 0 unspecified atom stereocenters. The Hall–Kier alpha value is -1.33. The number of likely N-dealkylation sites (N-methyl/N-ethyl adjacent to an activating group) is 1. The predicted molar refractivity (Wildman–Crippen MR) is 72.2 cm³/mol. The van der Waals surface area contributed by atoms with E-state index in [1.807, 2.05) is 4.90 Å². The molecule has 1 N–H and O–H groups in total. The summed E-state index contributed by atoms with van der Waals surface area (Å²) in [5.74, 6) is 0.590. The monoisotopic (exact) mass is 268 g/mol. The second-order valence-electron chi connectivity index (χ2n) is 4.40. The molecule has 1 saturated heterocycles. The molecule has 1 fully saturated rings. The van der Waals surface area contributed by atoms with E-state index >= 15 is 0 Å². The van der Waals surface area contributed by atoms with Crippen molar-refractivity contribution in [2.75, 3.05) is 45.6 Å². The van der Waals surface area contributed by atoms with Crippen molar-refractivity contribution in [3.8, 4) is 0 Å². The number of amides is 1. The number of hydrogen-bond acceptors (Lipinski definition) is 4. The molecule has 0 aromatic carbocycles. The molecule has 1 amide bonds. The van der Waals surface area contributed by atoms with Gasteiger partial charge in [-0.3, -0.25) is 4.79 Å². The van der Waals surface area contributed by atoms with E-state index in [2.05, 4.69) is 22.2 Å². The summed E-state index contributed by atoms with van der Waals surface area (Å²) >= 11 is 6.03. The third-order valence-electron chi connectivity index (χ3n) is 3.12. The fourth-order valence-electron chi connectivity index (χ4n) is 1.93. The Morgan fingerprint density at radius 2 is 2.06 bits per heavy atom. The van der Waals surface area contributed by atoms with Crippen LogP contribution in [0.1, 0.15) is 10.4 Å². The summed E-state index contributed by atoms with van der Waals surface area (Å²) in [6, 6.07) is 1.67. The number of carbonyl (C=O) groups is 1. The molecule has 0 aliphatic carbocycles. The average Bonchev–Trinajstić information content (AvgIpc) is 2.38. The van der Waals surface area contributed by atoms with E-state index in [0.29, 0.717) is 16.4 Å². The van der Waals surface area contributed by atoms with Gasteiger partial charge in [-0.15, -0.1) is 0 Å². The molecule has 98 valence electrons. The van der Waals surface area contributed by atoms with Crippen LogP contribution in [0.2, 0.25) is 5.02 Å². The molecular weight excluding hydrogens is 252 g/mol. The molecule has 0 saturated carbocycles. The molecule has 1 aromatic rings. The summed E-state index contributed by atoms with van der Waals surface area (Å²) in [6.45, 7) is 3.31. The lowest BCUT2D eigenvalue weighted by Gasteiger charge is -2.32. The molecule has 0 radical (unpaired) electrons. The quantitative estimate of drug-likeness (QED) is 0.875. The van der Waals surface area contributed by atoms with Crippen LogP contribution in [-0.2, 0) is 0 Å². The molecule has 1 aromatic heterocycles. The van der Waals surface area contributed by atoms with Crippen LogP contribution in [0.5, 0.6) is 0 Å². The van der Waals surface area contributed by atoms with E-state index in [1.165, 1.54) is 0 Å². The summed E-state index contributed by atoms with van der Waals surface area (Å²) in [5, 5.41) is 3.34. The van der Waals surface area contributed by atoms with Gasteiger partial charge in [-0.1, -0.05) is 11.6 Å². The summed E-state index contributed by atoms with van der Waals surface area (Å²) in [7, 11) is 3.80. The Kier molecular flexibility index (Phi) is 4.04. The number of rotatable bonds is 2. The van der Waals surface area contributed by atoms with Gasteiger partial charge >= 0.3 is 0 Å². The van der Waals surface area contributed by atoms with Gasteiger partial charge in [-0.25, -0.2) is 4.98 Å². The van der Waals surface area contributed by atoms with Crippen molar-refractivity contribution in [2.45, 2.75) is 0 Å². The first-order chi connectivity index (χ1) is 8.61. The minimum atomic E-state index is 0.000142. The van der Waals surface area contributed by atoms with Gasteiger partial charge in [0.15, 0.2) is 0 Å². The van der Waals surface area contributed by atoms with Crippen molar-refractivity contribution in [3.63, 3.8) is 0 Å². The van der Waals surface area contributed by atoms with E-state index in [4.69, 9.17) is 11.6 Å². The van der Waals surface area contributed by atoms with Crippen LogP contribution in [0.3, 0.4) is 0 Å². The highest BCUT2D eigenvalue weighted by atomic mass is 35.5. The zero-order valence-corrected chi connectivity index (χ0v) is 11.4. The summed E-state index contributed by atoms with van der Waals surface area (Å²) < 4.78 is 0. The topological polar surface area (TPSA) is 48.5 Å². The second-order valence-corrected chi connectivity index (χ2v) is 4.81. The minimum Gasteiger partial charge on any atom is -0.372 e. The Bertz CT molecular complexity index is 444. The van der Waals surface area contributed by atoms with Gasteiger partial charge in [0.1, 0.15) is 5.82 Å². The fourth-order valence-corrected chi connectivity index (χ4v) is 2.19. The lowest BCUT2D eigenvalue weighted by atomic mass is 10.2. The first-order valence-corrected chi connectivity index (χ1v) is 6.30. The van der Waals surface area contributed by atoms with Crippen LogP contribution in [0.4, 0.5) is 5.82 Å². The summed E-state index contributed by atoms with van der Waals surface area (Å²) in [4.78, 5) is 20.4. The van der Waals surface area contributed by atoms with Crippen molar-refractivity contribution < 1.29 is 4.79 Å². The molecule has 1 aliphatic heterocycles. The SMILES string of the molecule is CNc1ncc(C(=O)N2CCN(C)CC2)cc1Cl. The highest BCUT2D eigenvalue weighted by Gasteiger charge is 2.21. The van der Waals surface area contributed by atoms with E-state index in [9.17, 15) is 4.79 Å². The van der Waals surface area contributed by atoms with Gasteiger partial charge in [0.2, 0.25) is 0 Å². The molecule has 5 nitrogen and oxygen atoms in total. The molecule has 2 heterocycles. The molecule has 0 spiro atoms. The largest absolute Gasteiger partial charge is 0.372 e. The average molecular weight is 269 g/mol. The third kappa shape index (κ3) is 2.73. The number of halogens is 1. The Morgan fingerprint density at radius 3 is 2.61 bits per heavy atom. The maximum Gasteiger partial charge on any atom is 0.255 e. The second kappa shape index (κ2) is 5.54. The standard InChI is InChI=1S/C12H17ClN4O/c1-14-11-10(13)7-9(8-15-11)12(18)17-5-3-16(2)4-6-17/h7-8H,3-6H2,1-2H3,(H,14,15). The van der Waals surface area contributed by atoms with E-state index in [0.717, 1.165) is 26.2 Å². The van der Waals surface area contributed by atoms with E-state index in [-0.39, 0.29) is 5.91 Å². The molecule has 1 aliphatic rings. The van der Waals surface area contributed by atoms with Crippen molar-refractivity contribution in [1.29, 1.82) is 0 Å². The van der Waals surface area contributed by atoms with Crippen LogP contribution < -0.4 is 5.32 Å². The lowest BCUT2D eigenvalue weighted by molar-refractivity contribution is 0.0663. The van der Waals surface area contributed by atoms with Gasteiger partial charge in [0.05, 0.1) is 10.6 Å². The Morgan fingerprint density at radius 1 is 1.39 bits per heavy atom. The number of piperazine rings is 1. The zero-order chi connectivity index (χ0) is 13.1. The molecule has 2 rings (SSSR count). The third-order valence-corrected chi connectivity index (χ3v) is 3.40. The van der Waals surface area contributed by atoms with Crippen LogP contribution >= 0.6 is 11.6 Å². The van der Waals surface area contributed by atoms with Crippen molar-refractivity contribution >= 4 is 23.3 Å². The maximum atomic E-state index is 12.2. The number of anilines is 1. The highest BCUT2D eigenvalue weighted by molar-refractivity contribution is 6.33. The van der Waals surface area contributed by atoms with Crippen molar-refractivity contribution in [2.24, 2.45) is 0 Å². The smallest absolute Gasteiger partial charge is 0.255 e.